The molecule has 2 amide bonds. The van der Waals surface area contributed by atoms with E-state index in [1.165, 1.54) is 17.0 Å². The molecule has 3 aromatic rings. The highest BCUT2D eigenvalue weighted by molar-refractivity contribution is 7.92. The molecule has 2 atom stereocenters. The minimum atomic E-state index is -4.14. The van der Waals surface area contributed by atoms with Crippen molar-refractivity contribution in [2.24, 2.45) is 0 Å². The van der Waals surface area contributed by atoms with Crippen LogP contribution in [0.2, 0.25) is 5.02 Å². The highest BCUT2D eigenvalue weighted by Crippen LogP contribution is 2.29. The number of nitrogens with one attached hydrogen (secondary N) is 1. The molecule has 0 aliphatic rings. The predicted molar refractivity (Wildman–Crippen MR) is 161 cm³/mol. The quantitative estimate of drug-likeness (QED) is 0.309. The number of halogens is 1. The lowest BCUT2D eigenvalue weighted by molar-refractivity contribution is -0.139. The van der Waals surface area contributed by atoms with E-state index in [4.69, 9.17) is 11.6 Å². The van der Waals surface area contributed by atoms with E-state index in [9.17, 15) is 18.0 Å². The van der Waals surface area contributed by atoms with Gasteiger partial charge in [0.2, 0.25) is 11.8 Å². The van der Waals surface area contributed by atoms with Gasteiger partial charge in [0.05, 0.1) is 10.6 Å². The van der Waals surface area contributed by atoms with Crippen LogP contribution in [0.1, 0.15) is 49.4 Å². The summed E-state index contributed by atoms with van der Waals surface area (Å²) < 4.78 is 29.1. The molecule has 1 N–H and O–H groups in total. The Morgan fingerprint density at radius 3 is 2.17 bits per heavy atom. The third-order valence-corrected chi connectivity index (χ3v) is 9.09. The molecule has 40 heavy (non-hydrogen) atoms. The van der Waals surface area contributed by atoms with E-state index >= 15 is 0 Å². The average molecular weight is 584 g/mol. The molecular weight excluding hydrogens is 546 g/mol. The van der Waals surface area contributed by atoms with Crippen molar-refractivity contribution in [1.29, 1.82) is 0 Å². The average Bonchev–Trinajstić information content (AvgIpc) is 2.91. The van der Waals surface area contributed by atoms with Crippen molar-refractivity contribution in [3.8, 4) is 0 Å². The number of hydrogen-bond donors (Lipinski definition) is 1. The molecule has 0 saturated heterocycles. The van der Waals surface area contributed by atoms with Crippen LogP contribution in [-0.4, -0.2) is 43.8 Å². The topological polar surface area (TPSA) is 86.8 Å². The van der Waals surface area contributed by atoms with Crippen LogP contribution in [0.5, 0.6) is 0 Å². The third kappa shape index (κ3) is 7.43. The van der Waals surface area contributed by atoms with Gasteiger partial charge in [0.1, 0.15) is 12.6 Å². The second kappa shape index (κ2) is 13.3. The van der Waals surface area contributed by atoms with E-state index in [1.54, 1.807) is 44.2 Å². The predicted octanol–water partition coefficient (Wildman–Crippen LogP) is 5.79. The molecule has 0 spiro atoms. The molecule has 214 valence electrons. The molecule has 0 aliphatic carbocycles. The van der Waals surface area contributed by atoms with Crippen LogP contribution >= 0.6 is 11.6 Å². The fraction of sp³-hybridized carbons (Fsp3) is 0.355. The maximum Gasteiger partial charge on any atom is 0.264 e. The number of benzene rings is 3. The van der Waals surface area contributed by atoms with Crippen molar-refractivity contribution in [1.82, 2.24) is 10.2 Å². The van der Waals surface area contributed by atoms with E-state index in [1.807, 2.05) is 52.0 Å². The largest absolute Gasteiger partial charge is 0.352 e. The molecule has 0 saturated carbocycles. The smallest absolute Gasteiger partial charge is 0.264 e. The third-order valence-electron chi connectivity index (χ3n) is 7.09. The fourth-order valence-corrected chi connectivity index (χ4v) is 5.97. The number of nitrogens with zero attached hydrogens (tertiary/aromatic N) is 2. The Balaban J connectivity index is 2.07. The Hall–Kier alpha value is -3.36. The molecule has 7 nitrogen and oxygen atoms in total. The molecule has 0 bridgehead atoms. The number of anilines is 1. The molecule has 3 rings (SSSR count). The first-order chi connectivity index (χ1) is 18.8. The molecule has 0 radical (unpaired) electrons. The normalized spacial score (nSPS) is 12.9. The van der Waals surface area contributed by atoms with Crippen LogP contribution in [0.3, 0.4) is 0 Å². The lowest BCUT2D eigenvalue weighted by Crippen LogP contribution is -2.52. The van der Waals surface area contributed by atoms with E-state index in [-0.39, 0.29) is 23.4 Å². The lowest BCUT2D eigenvalue weighted by atomic mass is 10.1. The van der Waals surface area contributed by atoms with Gasteiger partial charge in [0.25, 0.3) is 10.0 Å². The first kappa shape index (κ1) is 31.2. The number of aryl methyl sites for hydroxylation is 3. The summed E-state index contributed by atoms with van der Waals surface area (Å²) in [6, 6.07) is 18.1. The molecule has 0 heterocycles. The van der Waals surface area contributed by atoms with Gasteiger partial charge in [0, 0.05) is 17.6 Å². The first-order valence-corrected chi connectivity index (χ1v) is 15.2. The van der Waals surface area contributed by atoms with Crippen molar-refractivity contribution in [2.75, 3.05) is 10.8 Å². The van der Waals surface area contributed by atoms with Gasteiger partial charge >= 0.3 is 0 Å². The highest BCUT2D eigenvalue weighted by atomic mass is 35.5. The van der Waals surface area contributed by atoms with Gasteiger partial charge < -0.3 is 10.2 Å². The van der Waals surface area contributed by atoms with Crippen LogP contribution in [0.4, 0.5) is 5.69 Å². The number of amides is 2. The van der Waals surface area contributed by atoms with Gasteiger partial charge in [-0.25, -0.2) is 8.42 Å². The maximum absolute atomic E-state index is 14.1. The summed E-state index contributed by atoms with van der Waals surface area (Å²) in [6.45, 7) is 10.7. The Morgan fingerprint density at radius 2 is 1.57 bits per heavy atom. The van der Waals surface area contributed by atoms with Crippen molar-refractivity contribution < 1.29 is 18.0 Å². The van der Waals surface area contributed by atoms with Gasteiger partial charge in [-0.05, 0) is 88.1 Å². The van der Waals surface area contributed by atoms with Crippen LogP contribution in [0.25, 0.3) is 0 Å². The van der Waals surface area contributed by atoms with Gasteiger partial charge in [-0.15, -0.1) is 0 Å². The molecule has 3 aromatic carbocycles. The first-order valence-electron chi connectivity index (χ1n) is 13.3. The van der Waals surface area contributed by atoms with E-state index in [0.29, 0.717) is 16.3 Å². The van der Waals surface area contributed by atoms with Gasteiger partial charge in [-0.1, -0.05) is 60.5 Å². The van der Waals surface area contributed by atoms with Crippen molar-refractivity contribution in [3.63, 3.8) is 0 Å². The minimum absolute atomic E-state index is 0.0632. The summed E-state index contributed by atoms with van der Waals surface area (Å²) in [7, 11) is -4.14. The standard InChI is InChI=1S/C31H38ClN3O4S/c1-7-24(5)33-31(37)25(6)34(19-26-11-9-8-10-22(26)3)30(36)20-35(29-17-14-27(32)18-23(29)4)40(38,39)28-15-12-21(2)13-16-28/h8-18,24-25H,7,19-20H2,1-6H3,(H,33,37)/t24-,25+/m1/s1. The molecule has 0 aliphatic heterocycles. The van der Waals surface area contributed by atoms with Gasteiger partial charge in [-0.2, -0.15) is 0 Å². The monoisotopic (exact) mass is 583 g/mol. The Labute approximate surface area is 243 Å². The van der Waals surface area contributed by atoms with Crippen LogP contribution in [-0.2, 0) is 26.2 Å². The Bertz CT molecular complexity index is 1460. The SMILES string of the molecule is CC[C@@H](C)NC(=O)[C@H](C)N(Cc1ccccc1C)C(=O)CN(c1ccc(Cl)cc1C)S(=O)(=O)c1ccc(C)cc1. The summed E-state index contributed by atoms with van der Waals surface area (Å²) in [5, 5.41) is 3.40. The lowest BCUT2D eigenvalue weighted by Gasteiger charge is -2.33. The van der Waals surface area contributed by atoms with E-state index in [2.05, 4.69) is 5.32 Å². The number of carbonyl (C=O) groups excluding carboxylic acids is 2. The summed E-state index contributed by atoms with van der Waals surface area (Å²) in [6.07, 6.45) is 0.739. The van der Waals surface area contributed by atoms with Gasteiger partial charge in [0.15, 0.2) is 0 Å². The second-order valence-corrected chi connectivity index (χ2v) is 12.5. The molecular formula is C31H38ClN3O4S. The Kier molecular flexibility index (Phi) is 10.4. The summed E-state index contributed by atoms with van der Waals surface area (Å²) >= 11 is 6.17. The molecule has 0 unspecified atom stereocenters. The van der Waals surface area contributed by atoms with Crippen LogP contribution in [0.15, 0.2) is 71.6 Å². The van der Waals surface area contributed by atoms with Crippen molar-refractivity contribution in [2.45, 2.75) is 71.5 Å². The van der Waals surface area contributed by atoms with Crippen molar-refractivity contribution >= 4 is 39.1 Å². The number of sulfonamides is 1. The number of carbonyl (C=O) groups is 2. The minimum Gasteiger partial charge on any atom is -0.352 e. The van der Waals surface area contributed by atoms with Crippen LogP contribution < -0.4 is 9.62 Å². The summed E-state index contributed by atoms with van der Waals surface area (Å²) in [5.41, 5.74) is 3.69. The zero-order chi connectivity index (χ0) is 29.6. The van der Waals surface area contributed by atoms with E-state index < -0.39 is 28.5 Å². The zero-order valence-corrected chi connectivity index (χ0v) is 25.5. The second-order valence-electron chi connectivity index (χ2n) is 10.2. The number of hydrogen-bond acceptors (Lipinski definition) is 4. The number of rotatable bonds is 11. The van der Waals surface area contributed by atoms with Crippen LogP contribution in [0, 0.1) is 20.8 Å². The maximum atomic E-state index is 14.1. The molecule has 0 aromatic heterocycles. The summed E-state index contributed by atoms with van der Waals surface area (Å²) in [5.74, 6) is -0.799. The molecule has 0 fully saturated rings. The van der Waals surface area contributed by atoms with E-state index in [0.717, 1.165) is 27.4 Å². The van der Waals surface area contributed by atoms with Crippen molar-refractivity contribution in [3.05, 3.63) is 94.0 Å². The Morgan fingerprint density at radius 1 is 0.925 bits per heavy atom. The summed E-state index contributed by atoms with van der Waals surface area (Å²) in [4.78, 5) is 28.8. The van der Waals surface area contributed by atoms with Gasteiger partial charge in [-0.3, -0.25) is 13.9 Å². The molecule has 9 heteroatoms. The fourth-order valence-electron chi connectivity index (χ4n) is 4.27. The zero-order valence-electron chi connectivity index (χ0n) is 23.9. The highest BCUT2D eigenvalue weighted by Gasteiger charge is 2.33.